The molecule has 52 valence electrons. The van der Waals surface area contributed by atoms with Crippen LogP contribution in [0.4, 0.5) is 0 Å². The Morgan fingerprint density at radius 3 is 2.60 bits per heavy atom. The highest BCUT2D eigenvalue weighted by molar-refractivity contribution is 5.88. The minimum absolute atomic E-state index is 0.245. The van der Waals surface area contributed by atoms with Crippen molar-refractivity contribution in [3.8, 4) is 12.3 Å². The average molecular weight is 134 g/mol. The molecule has 0 radical (unpaired) electrons. The van der Waals surface area contributed by atoms with E-state index in [0.717, 1.165) is 19.3 Å². The van der Waals surface area contributed by atoms with Gasteiger partial charge in [0, 0.05) is 17.8 Å². The average Bonchev–Trinajstić information content (AvgIpc) is 2.46. The summed E-state index contributed by atoms with van der Waals surface area (Å²) in [7, 11) is 0. The van der Waals surface area contributed by atoms with Gasteiger partial charge < -0.3 is 0 Å². The Morgan fingerprint density at radius 1 is 1.50 bits per heavy atom. The molecule has 2 bridgehead atoms. The van der Waals surface area contributed by atoms with E-state index < -0.39 is 0 Å². The number of fused-ring (bicyclic) bond motifs is 2. The molecule has 1 heteroatoms. The molecule has 1 nitrogen and oxygen atoms in total. The topological polar surface area (TPSA) is 17.1 Å². The van der Waals surface area contributed by atoms with Gasteiger partial charge in [0.05, 0.1) is 0 Å². The molecule has 2 rings (SSSR count). The molecule has 2 aliphatic rings. The molecule has 0 aromatic carbocycles. The van der Waals surface area contributed by atoms with Crippen molar-refractivity contribution < 1.29 is 4.79 Å². The second-order valence-electron chi connectivity index (χ2n) is 3.29. The number of rotatable bonds is 0. The van der Waals surface area contributed by atoms with Crippen LogP contribution < -0.4 is 0 Å². The van der Waals surface area contributed by atoms with E-state index in [0.29, 0.717) is 11.7 Å². The Bertz CT molecular complexity index is 211. The maximum absolute atomic E-state index is 11.2. The number of terminal acetylenes is 1. The fourth-order valence-corrected chi connectivity index (χ4v) is 2.26. The Kier molecular flexibility index (Phi) is 1.11. The van der Waals surface area contributed by atoms with E-state index in [4.69, 9.17) is 6.42 Å². The van der Waals surface area contributed by atoms with Crippen LogP contribution in [0.15, 0.2) is 0 Å². The summed E-state index contributed by atoms with van der Waals surface area (Å²) in [6.07, 6.45) is 8.41. The molecule has 0 saturated heterocycles. The highest BCUT2D eigenvalue weighted by Gasteiger charge is 2.46. The first-order valence-corrected chi connectivity index (χ1v) is 3.83. The molecule has 0 amide bonds. The van der Waals surface area contributed by atoms with Crippen LogP contribution in [-0.2, 0) is 4.79 Å². The first-order chi connectivity index (χ1) is 4.83. The van der Waals surface area contributed by atoms with Gasteiger partial charge in [-0.15, -0.1) is 12.3 Å². The Morgan fingerprint density at radius 2 is 2.30 bits per heavy atom. The largest absolute Gasteiger partial charge is 0.299 e. The lowest BCUT2D eigenvalue weighted by Crippen LogP contribution is -2.09. The molecule has 0 aromatic rings. The van der Waals surface area contributed by atoms with E-state index >= 15 is 0 Å². The lowest BCUT2D eigenvalue weighted by atomic mass is 9.90. The minimum Gasteiger partial charge on any atom is -0.299 e. The van der Waals surface area contributed by atoms with Gasteiger partial charge in [0.1, 0.15) is 5.78 Å². The van der Waals surface area contributed by atoms with Crippen molar-refractivity contribution in [3.63, 3.8) is 0 Å². The SMILES string of the molecule is C#CC1CC2CCC1C2=O. The summed E-state index contributed by atoms with van der Waals surface area (Å²) < 4.78 is 0. The number of Topliss-reactive ketones (excluding diaryl/α,β-unsaturated/α-hetero) is 1. The zero-order valence-corrected chi connectivity index (χ0v) is 5.84. The second kappa shape index (κ2) is 1.85. The Balaban J connectivity index is 2.25. The van der Waals surface area contributed by atoms with Crippen LogP contribution in [0.5, 0.6) is 0 Å². The van der Waals surface area contributed by atoms with Crippen LogP contribution >= 0.6 is 0 Å². The van der Waals surface area contributed by atoms with Gasteiger partial charge in [0.2, 0.25) is 0 Å². The molecule has 2 saturated carbocycles. The maximum Gasteiger partial charge on any atom is 0.140 e. The normalized spacial score (nSPS) is 43.9. The predicted molar refractivity (Wildman–Crippen MR) is 38.2 cm³/mol. The highest BCUT2D eigenvalue weighted by atomic mass is 16.1. The molecule has 3 unspecified atom stereocenters. The van der Waals surface area contributed by atoms with Crippen molar-refractivity contribution in [1.82, 2.24) is 0 Å². The van der Waals surface area contributed by atoms with E-state index in [-0.39, 0.29) is 11.8 Å². The van der Waals surface area contributed by atoms with E-state index in [1.165, 1.54) is 0 Å². The monoisotopic (exact) mass is 134 g/mol. The smallest absolute Gasteiger partial charge is 0.140 e. The van der Waals surface area contributed by atoms with Crippen molar-refractivity contribution in [1.29, 1.82) is 0 Å². The van der Waals surface area contributed by atoms with Crippen LogP contribution in [-0.4, -0.2) is 5.78 Å². The number of ketones is 1. The maximum atomic E-state index is 11.2. The zero-order valence-electron chi connectivity index (χ0n) is 5.84. The third-order valence-corrected chi connectivity index (χ3v) is 2.83. The number of carbonyl (C=O) groups is 1. The molecule has 0 N–H and O–H groups in total. The van der Waals surface area contributed by atoms with E-state index in [2.05, 4.69) is 5.92 Å². The second-order valence-corrected chi connectivity index (χ2v) is 3.29. The summed E-state index contributed by atoms with van der Waals surface area (Å²) >= 11 is 0. The molecule has 0 aliphatic heterocycles. The summed E-state index contributed by atoms with van der Waals surface area (Å²) in [5.74, 6) is 4.02. The molecule has 2 aliphatic carbocycles. The third kappa shape index (κ3) is 0.568. The Labute approximate surface area is 60.8 Å². The van der Waals surface area contributed by atoms with Crippen LogP contribution in [0.25, 0.3) is 0 Å². The molecular formula is C9H10O. The number of hydrogen-bond donors (Lipinski definition) is 0. The summed E-state index contributed by atoms with van der Waals surface area (Å²) in [6, 6.07) is 0. The first-order valence-electron chi connectivity index (χ1n) is 3.83. The summed E-state index contributed by atoms with van der Waals surface area (Å²) in [5, 5.41) is 0. The summed E-state index contributed by atoms with van der Waals surface area (Å²) in [6.45, 7) is 0. The van der Waals surface area contributed by atoms with Crippen molar-refractivity contribution in [2.75, 3.05) is 0 Å². The molecule has 0 aromatic heterocycles. The van der Waals surface area contributed by atoms with E-state index in [9.17, 15) is 4.79 Å². The number of carbonyl (C=O) groups excluding carboxylic acids is 1. The van der Waals surface area contributed by atoms with Gasteiger partial charge in [0.25, 0.3) is 0 Å². The standard InChI is InChI=1S/C9H10O/c1-2-6-5-7-3-4-8(6)9(7)10/h1,6-8H,3-5H2. The van der Waals surface area contributed by atoms with Gasteiger partial charge in [-0.25, -0.2) is 0 Å². The molecule has 3 atom stereocenters. The van der Waals surface area contributed by atoms with Gasteiger partial charge in [-0.2, -0.15) is 0 Å². The fraction of sp³-hybridized carbons (Fsp3) is 0.667. The molecule has 0 spiro atoms. The molecule has 0 heterocycles. The zero-order chi connectivity index (χ0) is 7.14. The molecule has 2 fully saturated rings. The molecular weight excluding hydrogens is 124 g/mol. The van der Waals surface area contributed by atoms with Crippen LogP contribution in [0.3, 0.4) is 0 Å². The van der Waals surface area contributed by atoms with Gasteiger partial charge in [-0.1, -0.05) is 0 Å². The quantitative estimate of drug-likeness (QED) is 0.455. The van der Waals surface area contributed by atoms with Crippen molar-refractivity contribution in [2.45, 2.75) is 19.3 Å². The van der Waals surface area contributed by atoms with E-state index in [1.54, 1.807) is 0 Å². The summed E-state index contributed by atoms with van der Waals surface area (Å²) in [5.41, 5.74) is 0. The van der Waals surface area contributed by atoms with Gasteiger partial charge in [-0.05, 0) is 19.3 Å². The van der Waals surface area contributed by atoms with Gasteiger partial charge in [-0.3, -0.25) is 4.79 Å². The first kappa shape index (κ1) is 5.97. The van der Waals surface area contributed by atoms with Gasteiger partial charge >= 0.3 is 0 Å². The lowest BCUT2D eigenvalue weighted by Gasteiger charge is -2.12. The van der Waals surface area contributed by atoms with Crippen molar-refractivity contribution >= 4 is 5.78 Å². The van der Waals surface area contributed by atoms with Crippen LogP contribution in [0.2, 0.25) is 0 Å². The van der Waals surface area contributed by atoms with Gasteiger partial charge in [0.15, 0.2) is 0 Å². The summed E-state index contributed by atoms with van der Waals surface area (Å²) in [4.78, 5) is 11.2. The fourth-order valence-electron chi connectivity index (χ4n) is 2.26. The van der Waals surface area contributed by atoms with Crippen molar-refractivity contribution in [3.05, 3.63) is 0 Å². The minimum atomic E-state index is 0.245. The number of hydrogen-bond acceptors (Lipinski definition) is 1. The van der Waals surface area contributed by atoms with Crippen LogP contribution in [0, 0.1) is 30.1 Å². The predicted octanol–water partition coefficient (Wildman–Crippen LogP) is 1.23. The van der Waals surface area contributed by atoms with E-state index in [1.807, 2.05) is 0 Å². The third-order valence-electron chi connectivity index (χ3n) is 2.83. The van der Waals surface area contributed by atoms with Crippen LogP contribution in [0.1, 0.15) is 19.3 Å². The lowest BCUT2D eigenvalue weighted by molar-refractivity contribution is -0.121. The Hall–Kier alpha value is -0.770. The molecule has 10 heavy (non-hydrogen) atoms. The highest BCUT2D eigenvalue weighted by Crippen LogP contribution is 2.44. The van der Waals surface area contributed by atoms with Crippen molar-refractivity contribution in [2.24, 2.45) is 17.8 Å².